The molecule has 0 aliphatic carbocycles. The first-order valence-electron chi connectivity index (χ1n) is 8.15. The van der Waals surface area contributed by atoms with E-state index in [0.717, 1.165) is 17.3 Å². The lowest BCUT2D eigenvalue weighted by atomic mass is 10.2. The number of hydrogen-bond acceptors (Lipinski definition) is 5. The van der Waals surface area contributed by atoms with E-state index in [1.165, 1.54) is 19.1 Å². The molecule has 0 spiro atoms. The molecule has 0 amide bonds. The van der Waals surface area contributed by atoms with E-state index in [-0.39, 0.29) is 14.9 Å². The van der Waals surface area contributed by atoms with Crippen LogP contribution >= 0.6 is 11.8 Å². The van der Waals surface area contributed by atoms with Crippen LogP contribution in [0, 0.1) is 6.92 Å². The minimum absolute atomic E-state index is 0.0942. The fraction of sp³-hybridized carbons (Fsp3) is 0.158. The Hall–Kier alpha value is -2.58. The summed E-state index contributed by atoms with van der Waals surface area (Å²) in [5.74, 6) is -0.663. The zero-order chi connectivity index (χ0) is 19.6. The molecule has 0 bridgehead atoms. The van der Waals surface area contributed by atoms with Crippen molar-refractivity contribution >= 4 is 27.6 Å². The standard InChI is InChI=1S/C19H18N2O4S2/c1-12-8-10-15(11-9-12)27(24,25)18-17(26-13(2)19(22)23)20-16(21-18)14-6-4-3-5-7-14/h3-11,13H,1-2H3,(H,20,21)(H,22,23)/t13-/m1/s1. The normalized spacial score (nSPS) is 12.7. The van der Waals surface area contributed by atoms with Crippen molar-refractivity contribution in [1.82, 2.24) is 9.97 Å². The Balaban J connectivity index is 2.13. The average molecular weight is 402 g/mol. The molecule has 8 heteroatoms. The molecule has 27 heavy (non-hydrogen) atoms. The number of H-pyrrole nitrogens is 1. The van der Waals surface area contributed by atoms with Gasteiger partial charge >= 0.3 is 5.97 Å². The van der Waals surface area contributed by atoms with Crippen molar-refractivity contribution in [2.75, 3.05) is 0 Å². The van der Waals surface area contributed by atoms with Crippen molar-refractivity contribution in [3.05, 3.63) is 60.2 Å². The molecule has 0 aliphatic heterocycles. The third-order valence-electron chi connectivity index (χ3n) is 3.92. The molecule has 3 rings (SSSR count). The van der Waals surface area contributed by atoms with Gasteiger partial charge < -0.3 is 10.1 Å². The van der Waals surface area contributed by atoms with Crippen LogP contribution in [0.15, 0.2) is 69.5 Å². The Labute approximate surface area is 161 Å². The van der Waals surface area contributed by atoms with Gasteiger partial charge in [0.05, 0.1) is 4.90 Å². The highest BCUT2D eigenvalue weighted by molar-refractivity contribution is 8.01. The summed E-state index contributed by atoms with van der Waals surface area (Å²) in [7, 11) is -3.88. The number of aromatic amines is 1. The van der Waals surface area contributed by atoms with Gasteiger partial charge in [-0.2, -0.15) is 0 Å². The quantitative estimate of drug-likeness (QED) is 0.609. The fourth-order valence-electron chi connectivity index (χ4n) is 2.39. The van der Waals surface area contributed by atoms with Crippen molar-refractivity contribution in [1.29, 1.82) is 0 Å². The summed E-state index contributed by atoms with van der Waals surface area (Å²) >= 11 is 0.897. The number of imidazole rings is 1. The molecule has 3 aromatic rings. The van der Waals surface area contributed by atoms with E-state index in [1.54, 1.807) is 24.3 Å². The van der Waals surface area contributed by atoms with Gasteiger partial charge in [0.15, 0.2) is 5.03 Å². The second-order valence-electron chi connectivity index (χ2n) is 6.00. The van der Waals surface area contributed by atoms with Crippen molar-refractivity contribution in [2.45, 2.75) is 34.0 Å². The highest BCUT2D eigenvalue weighted by atomic mass is 32.2. The minimum Gasteiger partial charge on any atom is -0.480 e. The van der Waals surface area contributed by atoms with Gasteiger partial charge in [-0.15, -0.1) is 0 Å². The van der Waals surface area contributed by atoms with Crippen LogP contribution < -0.4 is 0 Å². The summed E-state index contributed by atoms with van der Waals surface area (Å²) in [4.78, 5) is 18.6. The molecule has 0 saturated heterocycles. The average Bonchev–Trinajstić information content (AvgIpc) is 3.07. The third kappa shape index (κ3) is 4.06. The molecule has 0 fully saturated rings. The lowest BCUT2D eigenvalue weighted by Crippen LogP contribution is -2.12. The lowest BCUT2D eigenvalue weighted by molar-refractivity contribution is -0.136. The molecule has 2 N–H and O–H groups in total. The number of thioether (sulfide) groups is 1. The zero-order valence-corrected chi connectivity index (χ0v) is 16.3. The van der Waals surface area contributed by atoms with Crippen molar-refractivity contribution in [2.24, 2.45) is 0 Å². The summed E-state index contributed by atoms with van der Waals surface area (Å²) in [5.41, 5.74) is 1.66. The van der Waals surface area contributed by atoms with E-state index in [1.807, 2.05) is 25.1 Å². The van der Waals surface area contributed by atoms with Crippen molar-refractivity contribution < 1.29 is 18.3 Å². The van der Waals surface area contributed by atoms with Crippen LogP contribution in [0.4, 0.5) is 0 Å². The predicted octanol–water partition coefficient (Wildman–Crippen LogP) is 3.78. The van der Waals surface area contributed by atoms with Gasteiger partial charge in [0, 0.05) is 5.56 Å². The molecular weight excluding hydrogens is 384 g/mol. The van der Waals surface area contributed by atoms with Crippen LogP contribution in [-0.2, 0) is 14.6 Å². The predicted molar refractivity (Wildman–Crippen MR) is 104 cm³/mol. The number of nitrogens with zero attached hydrogens (tertiary/aromatic N) is 1. The number of rotatable bonds is 6. The number of nitrogens with one attached hydrogen (secondary N) is 1. The summed E-state index contributed by atoms with van der Waals surface area (Å²) < 4.78 is 26.3. The number of aliphatic carboxylic acids is 1. The smallest absolute Gasteiger partial charge is 0.316 e. The number of benzene rings is 2. The molecular formula is C19H18N2O4S2. The number of sulfone groups is 1. The van der Waals surface area contributed by atoms with Crippen LogP contribution in [0.25, 0.3) is 11.4 Å². The highest BCUT2D eigenvalue weighted by Crippen LogP contribution is 2.34. The number of aryl methyl sites for hydroxylation is 1. The van der Waals surface area contributed by atoms with Crippen LogP contribution in [0.3, 0.4) is 0 Å². The van der Waals surface area contributed by atoms with Gasteiger partial charge in [-0.05, 0) is 26.0 Å². The Morgan fingerprint density at radius 1 is 1.11 bits per heavy atom. The van der Waals surface area contributed by atoms with E-state index in [2.05, 4.69) is 9.97 Å². The molecule has 0 saturated carbocycles. The minimum atomic E-state index is -3.88. The van der Waals surface area contributed by atoms with Gasteiger partial charge in [-0.3, -0.25) is 4.79 Å². The molecule has 0 unspecified atom stereocenters. The second kappa shape index (κ2) is 7.58. The van der Waals surface area contributed by atoms with Gasteiger partial charge in [0.1, 0.15) is 16.1 Å². The number of carbonyl (C=O) groups is 1. The lowest BCUT2D eigenvalue weighted by Gasteiger charge is -2.07. The molecule has 1 aromatic heterocycles. The number of aromatic nitrogens is 2. The maximum absolute atomic E-state index is 13.1. The SMILES string of the molecule is Cc1ccc(S(=O)(=O)c2[nH]c(-c3ccccc3)nc2S[C@H](C)C(=O)O)cc1. The molecule has 1 heterocycles. The van der Waals surface area contributed by atoms with E-state index >= 15 is 0 Å². The molecule has 140 valence electrons. The van der Waals surface area contributed by atoms with Crippen molar-refractivity contribution in [3.8, 4) is 11.4 Å². The van der Waals surface area contributed by atoms with E-state index in [4.69, 9.17) is 0 Å². The van der Waals surface area contributed by atoms with Gasteiger partial charge in [0.2, 0.25) is 9.84 Å². The summed E-state index contributed by atoms with van der Waals surface area (Å²) in [5, 5.41) is 8.41. The monoisotopic (exact) mass is 402 g/mol. The van der Waals surface area contributed by atoms with Crippen LogP contribution in [-0.4, -0.2) is 34.7 Å². The highest BCUT2D eigenvalue weighted by Gasteiger charge is 2.28. The third-order valence-corrected chi connectivity index (χ3v) is 6.85. The molecule has 0 aliphatic rings. The fourth-order valence-corrected chi connectivity index (χ4v) is 4.84. The Kier molecular flexibility index (Phi) is 5.38. The Morgan fingerprint density at radius 2 is 1.74 bits per heavy atom. The molecule has 0 radical (unpaired) electrons. The van der Waals surface area contributed by atoms with E-state index in [9.17, 15) is 18.3 Å². The van der Waals surface area contributed by atoms with Crippen LogP contribution in [0.1, 0.15) is 12.5 Å². The number of hydrogen-bond donors (Lipinski definition) is 2. The molecule has 6 nitrogen and oxygen atoms in total. The Morgan fingerprint density at radius 3 is 2.33 bits per heavy atom. The van der Waals surface area contributed by atoms with E-state index in [0.29, 0.717) is 11.4 Å². The van der Waals surface area contributed by atoms with Gasteiger partial charge in [-0.25, -0.2) is 13.4 Å². The number of carboxylic acids is 1. The first-order chi connectivity index (χ1) is 12.8. The van der Waals surface area contributed by atoms with Gasteiger partial charge in [-0.1, -0.05) is 59.8 Å². The first kappa shape index (κ1) is 19.2. The van der Waals surface area contributed by atoms with Gasteiger partial charge in [0.25, 0.3) is 0 Å². The maximum Gasteiger partial charge on any atom is 0.316 e. The van der Waals surface area contributed by atoms with E-state index < -0.39 is 21.1 Å². The summed E-state index contributed by atoms with van der Waals surface area (Å²) in [6, 6.07) is 15.6. The second-order valence-corrected chi connectivity index (χ2v) is 9.22. The molecule has 1 atom stereocenters. The van der Waals surface area contributed by atoms with Crippen molar-refractivity contribution in [3.63, 3.8) is 0 Å². The number of carboxylic acid groups (broad SMARTS) is 1. The Bertz CT molecular complexity index is 1060. The topological polar surface area (TPSA) is 100 Å². The summed E-state index contributed by atoms with van der Waals surface area (Å²) in [6.07, 6.45) is 0. The maximum atomic E-state index is 13.1. The van der Waals surface area contributed by atoms with Crippen LogP contribution in [0.2, 0.25) is 0 Å². The largest absolute Gasteiger partial charge is 0.480 e. The molecule has 2 aromatic carbocycles. The zero-order valence-electron chi connectivity index (χ0n) is 14.7. The van der Waals surface area contributed by atoms with Crippen LogP contribution in [0.5, 0.6) is 0 Å². The first-order valence-corrected chi connectivity index (χ1v) is 10.5. The summed E-state index contributed by atoms with van der Waals surface area (Å²) in [6.45, 7) is 3.36.